The lowest BCUT2D eigenvalue weighted by Gasteiger charge is -2.30. The van der Waals surface area contributed by atoms with Crippen LogP contribution in [0.1, 0.15) is 35.5 Å². The zero-order valence-corrected chi connectivity index (χ0v) is 15.0. The summed E-state index contributed by atoms with van der Waals surface area (Å²) in [7, 11) is 0. The highest BCUT2D eigenvalue weighted by Gasteiger charge is 2.71. The molecule has 2 aliphatic rings. The van der Waals surface area contributed by atoms with E-state index < -0.39 is 41.1 Å². The van der Waals surface area contributed by atoms with Crippen LogP contribution in [0.3, 0.4) is 0 Å². The Morgan fingerprint density at radius 3 is 2.60 bits per heavy atom. The summed E-state index contributed by atoms with van der Waals surface area (Å²) in [6.07, 6.45) is 0.0365. The van der Waals surface area contributed by atoms with Crippen molar-refractivity contribution in [1.82, 2.24) is 10.6 Å². The molecule has 0 spiro atoms. The first-order valence-corrected chi connectivity index (χ1v) is 8.26. The molecule has 142 valence electrons. The molecule has 0 radical (unpaired) electrons. The van der Waals surface area contributed by atoms with Crippen LogP contribution in [-0.2, 0) is 19.1 Å². The van der Waals surface area contributed by atoms with Crippen LogP contribution in [0.25, 0.3) is 0 Å². The van der Waals surface area contributed by atoms with Crippen LogP contribution in [-0.4, -0.2) is 46.9 Å². The van der Waals surface area contributed by atoms with E-state index in [0.29, 0.717) is 6.42 Å². The minimum absolute atomic E-state index is 0. The van der Waals surface area contributed by atoms with E-state index in [4.69, 9.17) is 9.47 Å². The minimum atomic E-state index is -0.734. The van der Waals surface area contributed by atoms with Crippen LogP contribution in [0.2, 0.25) is 0 Å². The number of ether oxygens (including phenoxy) is 2. The number of carbonyl (C=O) groups is 3. The van der Waals surface area contributed by atoms with Crippen molar-refractivity contribution in [1.29, 1.82) is 0 Å². The SMILES string of the molecule is C=COC(=O)[C@H]1[C@H]2[C@@H]1[C@@](C)(NC(=O)CNC(=O)OC(C)(C)C)C[C@@H]2O.[HH]. The Labute approximate surface area is 148 Å². The molecule has 0 bridgehead atoms. The number of nitrogens with one attached hydrogen (secondary N) is 2. The number of aliphatic hydroxyl groups is 1. The molecule has 8 heteroatoms. The molecule has 2 aliphatic carbocycles. The molecule has 25 heavy (non-hydrogen) atoms. The van der Waals surface area contributed by atoms with Gasteiger partial charge in [-0.3, -0.25) is 9.59 Å². The Morgan fingerprint density at radius 2 is 2.04 bits per heavy atom. The summed E-state index contributed by atoms with van der Waals surface area (Å²) in [6, 6.07) is 0. The molecule has 2 saturated carbocycles. The van der Waals surface area contributed by atoms with Gasteiger partial charge in [-0.05, 0) is 34.1 Å². The molecule has 2 fully saturated rings. The fraction of sp³-hybridized carbons (Fsp3) is 0.706. The first kappa shape index (κ1) is 19.2. The van der Waals surface area contributed by atoms with Crippen molar-refractivity contribution < 1.29 is 30.4 Å². The monoisotopic (exact) mass is 356 g/mol. The smallest absolute Gasteiger partial charge is 0.408 e. The molecule has 0 aromatic heterocycles. The second kappa shape index (κ2) is 6.67. The fourth-order valence-electron chi connectivity index (χ4n) is 3.77. The maximum Gasteiger partial charge on any atom is 0.408 e. The van der Waals surface area contributed by atoms with E-state index in [-0.39, 0.29) is 19.8 Å². The number of fused-ring (bicyclic) bond motifs is 1. The van der Waals surface area contributed by atoms with E-state index in [1.165, 1.54) is 0 Å². The van der Waals surface area contributed by atoms with E-state index in [1.54, 1.807) is 27.7 Å². The average molecular weight is 356 g/mol. The molecular weight excluding hydrogens is 328 g/mol. The van der Waals surface area contributed by atoms with Gasteiger partial charge < -0.3 is 25.2 Å². The van der Waals surface area contributed by atoms with Crippen LogP contribution in [0.15, 0.2) is 12.8 Å². The van der Waals surface area contributed by atoms with Gasteiger partial charge in [0.1, 0.15) is 12.1 Å². The van der Waals surface area contributed by atoms with E-state index in [9.17, 15) is 19.5 Å². The molecule has 0 unspecified atom stereocenters. The molecule has 2 rings (SSSR count). The summed E-state index contributed by atoms with van der Waals surface area (Å²) in [5, 5.41) is 15.3. The van der Waals surface area contributed by atoms with Crippen LogP contribution >= 0.6 is 0 Å². The fourth-order valence-corrected chi connectivity index (χ4v) is 3.77. The lowest BCUT2D eigenvalue weighted by molar-refractivity contribution is -0.141. The summed E-state index contributed by atoms with van der Waals surface area (Å²) in [6.45, 7) is 10.1. The molecule has 0 heterocycles. The van der Waals surface area contributed by atoms with Crippen molar-refractivity contribution in [3.63, 3.8) is 0 Å². The van der Waals surface area contributed by atoms with Crippen molar-refractivity contribution in [2.75, 3.05) is 6.54 Å². The number of alkyl carbamates (subject to hydrolysis) is 1. The Bertz CT molecular complexity index is 590. The van der Waals surface area contributed by atoms with E-state index in [0.717, 1.165) is 6.26 Å². The van der Waals surface area contributed by atoms with Gasteiger partial charge in [0.15, 0.2) is 0 Å². The quantitative estimate of drug-likeness (QED) is 0.499. The predicted molar refractivity (Wildman–Crippen MR) is 90.3 cm³/mol. The molecular formula is C17H28N2O6. The number of carbonyl (C=O) groups excluding carboxylic acids is 3. The highest BCUT2D eigenvalue weighted by atomic mass is 16.6. The number of hydrogen-bond donors (Lipinski definition) is 3. The Morgan fingerprint density at radius 1 is 1.40 bits per heavy atom. The second-order valence-electron chi connectivity index (χ2n) is 7.83. The number of amides is 2. The van der Waals surface area contributed by atoms with Gasteiger partial charge >= 0.3 is 12.1 Å². The maximum absolute atomic E-state index is 12.2. The third kappa shape index (κ3) is 4.31. The molecule has 5 atom stereocenters. The van der Waals surface area contributed by atoms with E-state index >= 15 is 0 Å². The van der Waals surface area contributed by atoms with Gasteiger partial charge in [0.2, 0.25) is 5.91 Å². The number of rotatable bonds is 5. The summed E-state index contributed by atoms with van der Waals surface area (Å²) in [4.78, 5) is 35.6. The third-order valence-corrected chi connectivity index (χ3v) is 4.58. The van der Waals surface area contributed by atoms with Crippen molar-refractivity contribution in [3.8, 4) is 0 Å². The zero-order chi connectivity index (χ0) is 19.0. The maximum atomic E-state index is 12.2. The van der Waals surface area contributed by atoms with Crippen molar-refractivity contribution >= 4 is 18.0 Å². The van der Waals surface area contributed by atoms with Crippen LogP contribution in [0.5, 0.6) is 0 Å². The largest absolute Gasteiger partial charge is 0.444 e. The van der Waals surface area contributed by atoms with Gasteiger partial charge in [-0.1, -0.05) is 6.58 Å². The molecule has 0 aliphatic heterocycles. The van der Waals surface area contributed by atoms with Gasteiger partial charge in [0.25, 0.3) is 0 Å². The van der Waals surface area contributed by atoms with Crippen LogP contribution in [0.4, 0.5) is 4.79 Å². The molecule has 0 saturated heterocycles. The molecule has 8 nitrogen and oxygen atoms in total. The van der Waals surface area contributed by atoms with Crippen molar-refractivity contribution in [2.24, 2.45) is 17.8 Å². The zero-order valence-electron chi connectivity index (χ0n) is 15.0. The lowest BCUT2D eigenvalue weighted by atomic mass is 9.91. The van der Waals surface area contributed by atoms with Crippen molar-refractivity contribution in [2.45, 2.75) is 51.4 Å². The predicted octanol–water partition coefficient (Wildman–Crippen LogP) is 0.945. The third-order valence-electron chi connectivity index (χ3n) is 4.58. The van der Waals surface area contributed by atoms with Gasteiger partial charge in [-0.25, -0.2) is 4.79 Å². The Balaban J connectivity index is 0.00000338. The number of hydrogen-bond acceptors (Lipinski definition) is 6. The second-order valence-corrected chi connectivity index (χ2v) is 7.83. The Kier molecular flexibility index (Phi) is 5.13. The number of esters is 1. The molecule has 0 aromatic rings. The summed E-state index contributed by atoms with van der Waals surface area (Å²) >= 11 is 0. The van der Waals surface area contributed by atoms with Gasteiger partial charge in [-0.2, -0.15) is 0 Å². The Hall–Kier alpha value is -2.09. The lowest BCUT2D eigenvalue weighted by Crippen LogP contribution is -2.51. The van der Waals surface area contributed by atoms with Gasteiger partial charge in [-0.15, -0.1) is 0 Å². The first-order chi connectivity index (χ1) is 11.5. The number of aliphatic hydroxyl groups excluding tert-OH is 1. The van der Waals surface area contributed by atoms with Gasteiger partial charge in [0, 0.05) is 18.8 Å². The summed E-state index contributed by atoms with van der Waals surface area (Å²) < 4.78 is 9.87. The highest BCUT2D eigenvalue weighted by Crippen LogP contribution is 2.62. The van der Waals surface area contributed by atoms with Crippen molar-refractivity contribution in [3.05, 3.63) is 12.8 Å². The topological polar surface area (TPSA) is 114 Å². The molecule has 0 aromatic carbocycles. The van der Waals surface area contributed by atoms with E-state index in [2.05, 4.69) is 17.2 Å². The van der Waals surface area contributed by atoms with Crippen LogP contribution in [0, 0.1) is 17.8 Å². The standard InChI is InChI=1S/C17H26N2O6.H2/c1-6-24-14(22)12-11-9(20)7-17(5,13(11)12)19-10(21)8-18-15(23)25-16(2,3)4;/h6,9,11-13,20H,1,7-8H2,2-5H3,(H,18,23)(H,19,21);1H/t9-,11-,12-,13-,17-;/m0./s1. The minimum Gasteiger partial charge on any atom is -0.444 e. The summed E-state index contributed by atoms with van der Waals surface area (Å²) in [5.41, 5.74) is -1.39. The molecule has 2 amide bonds. The van der Waals surface area contributed by atoms with Gasteiger partial charge in [0.05, 0.1) is 18.3 Å². The first-order valence-electron chi connectivity index (χ1n) is 8.26. The summed E-state index contributed by atoms with van der Waals surface area (Å²) in [5.74, 6) is -1.73. The normalized spacial score (nSPS) is 33.0. The molecule has 3 N–H and O–H groups in total. The van der Waals surface area contributed by atoms with E-state index in [1.807, 2.05) is 0 Å². The highest BCUT2D eigenvalue weighted by molar-refractivity contribution is 5.84. The average Bonchev–Trinajstić information content (AvgIpc) is 3.14. The van der Waals surface area contributed by atoms with Crippen LogP contribution < -0.4 is 10.6 Å².